The van der Waals surface area contributed by atoms with Crippen molar-refractivity contribution >= 4 is 11.0 Å². The largest absolute Gasteiger partial charge is 0.423 e. The second kappa shape index (κ2) is 6.67. The van der Waals surface area contributed by atoms with Crippen LogP contribution < -0.4 is 5.63 Å². The molecule has 2 fully saturated rings. The lowest BCUT2D eigenvalue weighted by Gasteiger charge is -2.38. The zero-order chi connectivity index (χ0) is 16.5. The number of hydrogen-bond acceptors (Lipinski definition) is 5. The standard InChI is InChI=1S/C19H23NO4/c1-13-5-6-15-14(11-18(21)24-17(15)10-13)12-20-7-3-2-4-16(20)19-22-8-9-23-19/h5-6,10-11,16,19H,2-4,7-9,12H2,1H3/t16-/m0/s1. The zero-order valence-electron chi connectivity index (χ0n) is 14.0. The van der Waals surface area contributed by atoms with Gasteiger partial charge in [0.05, 0.1) is 19.3 Å². The molecule has 2 saturated heterocycles. The van der Waals surface area contributed by atoms with Crippen LogP contribution in [0.1, 0.15) is 30.4 Å². The highest BCUT2D eigenvalue weighted by atomic mass is 16.7. The molecule has 2 aromatic rings. The molecule has 0 N–H and O–H groups in total. The molecule has 0 bridgehead atoms. The van der Waals surface area contributed by atoms with Crippen LogP contribution in [0.15, 0.2) is 33.5 Å². The lowest BCUT2D eigenvalue weighted by molar-refractivity contribution is -0.111. The van der Waals surface area contributed by atoms with Crippen LogP contribution in [-0.2, 0) is 16.0 Å². The molecular formula is C19H23NO4. The van der Waals surface area contributed by atoms with Gasteiger partial charge < -0.3 is 13.9 Å². The van der Waals surface area contributed by atoms with E-state index in [4.69, 9.17) is 13.9 Å². The Hall–Kier alpha value is -1.69. The third kappa shape index (κ3) is 3.11. The van der Waals surface area contributed by atoms with E-state index in [1.807, 2.05) is 19.1 Å². The maximum atomic E-state index is 12.0. The van der Waals surface area contributed by atoms with E-state index in [1.54, 1.807) is 6.07 Å². The molecule has 3 heterocycles. The summed E-state index contributed by atoms with van der Waals surface area (Å²) in [5, 5.41) is 1.01. The van der Waals surface area contributed by atoms with Crippen LogP contribution in [0.25, 0.3) is 11.0 Å². The van der Waals surface area contributed by atoms with Crippen molar-refractivity contribution in [3.05, 3.63) is 45.8 Å². The summed E-state index contributed by atoms with van der Waals surface area (Å²) in [6.07, 6.45) is 3.30. The van der Waals surface area contributed by atoms with E-state index >= 15 is 0 Å². The summed E-state index contributed by atoms with van der Waals surface area (Å²) in [6.45, 7) is 5.07. The molecule has 0 amide bonds. The number of benzene rings is 1. The smallest absolute Gasteiger partial charge is 0.336 e. The number of likely N-dealkylation sites (tertiary alicyclic amines) is 1. The van der Waals surface area contributed by atoms with Crippen molar-refractivity contribution in [1.82, 2.24) is 4.90 Å². The first-order chi connectivity index (χ1) is 11.7. The van der Waals surface area contributed by atoms with E-state index < -0.39 is 0 Å². The van der Waals surface area contributed by atoms with Crippen molar-refractivity contribution < 1.29 is 13.9 Å². The maximum Gasteiger partial charge on any atom is 0.336 e. The molecule has 5 nitrogen and oxygen atoms in total. The molecule has 5 heteroatoms. The Kier molecular flexibility index (Phi) is 4.39. The summed E-state index contributed by atoms with van der Waals surface area (Å²) >= 11 is 0. The Balaban J connectivity index is 1.65. The Labute approximate surface area is 141 Å². The molecule has 0 aliphatic carbocycles. The Morgan fingerprint density at radius 3 is 2.83 bits per heavy atom. The molecule has 0 unspecified atom stereocenters. The zero-order valence-corrected chi connectivity index (χ0v) is 14.0. The average molecular weight is 329 g/mol. The predicted octanol–water partition coefficient (Wildman–Crippen LogP) is 2.83. The van der Waals surface area contributed by atoms with Gasteiger partial charge in [0.1, 0.15) is 5.58 Å². The number of aryl methyl sites for hydroxylation is 1. The SMILES string of the molecule is Cc1ccc2c(CN3CCCC[C@H]3C3OCCO3)cc(=O)oc2c1. The monoisotopic (exact) mass is 329 g/mol. The van der Waals surface area contributed by atoms with E-state index in [0.717, 1.165) is 36.0 Å². The van der Waals surface area contributed by atoms with Gasteiger partial charge >= 0.3 is 5.63 Å². The second-order valence-corrected chi connectivity index (χ2v) is 6.73. The Morgan fingerprint density at radius 1 is 1.17 bits per heavy atom. The fraction of sp³-hybridized carbons (Fsp3) is 0.526. The first-order valence-electron chi connectivity index (χ1n) is 8.71. The third-order valence-electron chi connectivity index (χ3n) is 4.99. The number of nitrogens with zero attached hydrogens (tertiary/aromatic N) is 1. The van der Waals surface area contributed by atoms with Gasteiger partial charge in [-0.05, 0) is 43.5 Å². The van der Waals surface area contributed by atoms with Crippen molar-refractivity contribution in [3.63, 3.8) is 0 Å². The molecule has 2 aliphatic rings. The van der Waals surface area contributed by atoms with E-state index in [2.05, 4.69) is 11.0 Å². The number of hydrogen-bond donors (Lipinski definition) is 0. The van der Waals surface area contributed by atoms with Crippen LogP contribution in [0.5, 0.6) is 0 Å². The molecule has 4 rings (SSSR count). The summed E-state index contributed by atoms with van der Waals surface area (Å²) < 4.78 is 16.9. The van der Waals surface area contributed by atoms with Gasteiger partial charge in [0.15, 0.2) is 6.29 Å². The van der Waals surface area contributed by atoms with Gasteiger partial charge in [0, 0.05) is 18.0 Å². The van der Waals surface area contributed by atoms with Gasteiger partial charge in [-0.15, -0.1) is 0 Å². The summed E-state index contributed by atoms with van der Waals surface area (Å²) in [5.41, 5.74) is 2.49. The molecule has 24 heavy (non-hydrogen) atoms. The van der Waals surface area contributed by atoms with Crippen molar-refractivity contribution in [2.75, 3.05) is 19.8 Å². The molecule has 1 atom stereocenters. The summed E-state index contributed by atoms with van der Waals surface area (Å²) in [7, 11) is 0. The quantitative estimate of drug-likeness (QED) is 0.811. The third-order valence-corrected chi connectivity index (χ3v) is 4.99. The van der Waals surface area contributed by atoms with Crippen molar-refractivity contribution in [2.45, 2.75) is 45.1 Å². The van der Waals surface area contributed by atoms with Gasteiger partial charge in [-0.1, -0.05) is 18.6 Å². The minimum Gasteiger partial charge on any atom is -0.423 e. The number of fused-ring (bicyclic) bond motifs is 1. The molecule has 128 valence electrons. The Morgan fingerprint density at radius 2 is 2.00 bits per heavy atom. The fourth-order valence-corrected chi connectivity index (χ4v) is 3.81. The van der Waals surface area contributed by atoms with Crippen molar-refractivity contribution in [1.29, 1.82) is 0 Å². The Bertz CT molecular complexity index is 779. The first kappa shape index (κ1) is 15.8. The van der Waals surface area contributed by atoms with Crippen LogP contribution >= 0.6 is 0 Å². The fourth-order valence-electron chi connectivity index (χ4n) is 3.81. The molecule has 0 saturated carbocycles. The van der Waals surface area contributed by atoms with Crippen LogP contribution in [0.3, 0.4) is 0 Å². The van der Waals surface area contributed by atoms with E-state index in [9.17, 15) is 4.79 Å². The van der Waals surface area contributed by atoms with Crippen molar-refractivity contribution in [3.8, 4) is 0 Å². The molecular weight excluding hydrogens is 306 g/mol. The molecule has 1 aromatic carbocycles. The van der Waals surface area contributed by atoms with Crippen LogP contribution in [-0.4, -0.2) is 37.0 Å². The highest BCUT2D eigenvalue weighted by molar-refractivity contribution is 5.80. The van der Waals surface area contributed by atoms with Gasteiger partial charge in [-0.2, -0.15) is 0 Å². The maximum absolute atomic E-state index is 12.0. The number of rotatable bonds is 3. The number of ether oxygens (including phenoxy) is 2. The lowest BCUT2D eigenvalue weighted by atomic mass is 9.99. The van der Waals surface area contributed by atoms with E-state index in [1.165, 1.54) is 12.8 Å². The highest BCUT2D eigenvalue weighted by Crippen LogP contribution is 2.27. The first-order valence-corrected chi connectivity index (χ1v) is 8.71. The predicted molar refractivity (Wildman–Crippen MR) is 91.0 cm³/mol. The summed E-state index contributed by atoms with van der Waals surface area (Å²) in [5.74, 6) is 0. The highest BCUT2D eigenvalue weighted by Gasteiger charge is 2.33. The minimum atomic E-state index is -0.287. The molecule has 0 spiro atoms. The normalized spacial score (nSPS) is 23.1. The topological polar surface area (TPSA) is 51.9 Å². The molecule has 1 aromatic heterocycles. The van der Waals surface area contributed by atoms with E-state index in [-0.39, 0.29) is 18.0 Å². The minimum absolute atomic E-state index is 0.140. The van der Waals surface area contributed by atoms with Gasteiger partial charge in [0.25, 0.3) is 0 Å². The van der Waals surface area contributed by atoms with Gasteiger partial charge in [0.2, 0.25) is 0 Å². The molecule has 2 aliphatic heterocycles. The number of piperidine rings is 1. The van der Waals surface area contributed by atoms with Gasteiger partial charge in [-0.25, -0.2) is 4.79 Å². The average Bonchev–Trinajstić information content (AvgIpc) is 3.09. The summed E-state index contributed by atoms with van der Waals surface area (Å²) in [4.78, 5) is 14.4. The van der Waals surface area contributed by atoms with E-state index in [0.29, 0.717) is 18.8 Å². The van der Waals surface area contributed by atoms with Crippen molar-refractivity contribution in [2.24, 2.45) is 0 Å². The van der Waals surface area contributed by atoms with Crippen LogP contribution in [0.4, 0.5) is 0 Å². The van der Waals surface area contributed by atoms with Crippen LogP contribution in [0, 0.1) is 6.92 Å². The second-order valence-electron chi connectivity index (χ2n) is 6.73. The lowest BCUT2D eigenvalue weighted by Crippen LogP contribution is -2.46. The molecule has 0 radical (unpaired) electrons. The van der Waals surface area contributed by atoms with Gasteiger partial charge in [-0.3, -0.25) is 4.90 Å². The summed E-state index contributed by atoms with van der Waals surface area (Å²) in [6, 6.07) is 7.92. The van der Waals surface area contributed by atoms with Crippen LogP contribution in [0.2, 0.25) is 0 Å².